The fourth-order valence-electron chi connectivity index (χ4n) is 1.13. The Morgan fingerprint density at radius 3 is 2.62 bits per heavy atom. The molecule has 0 unspecified atom stereocenters. The largest absolute Gasteiger partial charge is 0.305 e. The van der Waals surface area contributed by atoms with Gasteiger partial charge in [-0.3, -0.25) is 9.48 Å². The van der Waals surface area contributed by atoms with Gasteiger partial charge in [-0.25, -0.2) is 0 Å². The molecule has 0 saturated carbocycles. The molecule has 0 aromatic carbocycles. The molecule has 1 amide bonds. The number of halogens is 1. The van der Waals surface area contributed by atoms with E-state index in [0.29, 0.717) is 11.9 Å². The molecule has 5 heteroatoms. The lowest BCUT2D eigenvalue weighted by atomic mass is 10.3. The molecule has 1 N–H and O–H groups in total. The summed E-state index contributed by atoms with van der Waals surface area (Å²) >= 11 is 2.16. The normalized spacial score (nSPS) is 10.4. The SMILES string of the molecule is CC(C)=CC(=O)Nc1nn(C(C)C)cc1I. The fraction of sp³-hybridized carbons (Fsp3) is 0.455. The van der Waals surface area contributed by atoms with Crippen molar-refractivity contribution in [2.45, 2.75) is 33.7 Å². The van der Waals surface area contributed by atoms with Crippen LogP contribution in [0, 0.1) is 3.57 Å². The molecule has 0 aliphatic carbocycles. The van der Waals surface area contributed by atoms with E-state index in [9.17, 15) is 4.79 Å². The molecule has 1 aromatic rings. The van der Waals surface area contributed by atoms with Gasteiger partial charge < -0.3 is 5.32 Å². The Labute approximate surface area is 109 Å². The molecule has 0 fully saturated rings. The number of nitrogens with one attached hydrogen (secondary N) is 1. The number of allylic oxidation sites excluding steroid dienone is 1. The summed E-state index contributed by atoms with van der Waals surface area (Å²) in [6, 6.07) is 0.294. The second-order valence-corrected chi connectivity index (χ2v) is 5.27. The van der Waals surface area contributed by atoms with Crippen molar-refractivity contribution in [2.75, 3.05) is 5.32 Å². The summed E-state index contributed by atoms with van der Waals surface area (Å²) in [5, 5.41) is 7.07. The number of carbonyl (C=O) groups is 1. The summed E-state index contributed by atoms with van der Waals surface area (Å²) in [5.41, 5.74) is 0.968. The zero-order valence-corrected chi connectivity index (χ0v) is 12.1. The van der Waals surface area contributed by atoms with Gasteiger partial charge in [0.2, 0.25) is 5.91 Å². The number of aromatic nitrogens is 2. The van der Waals surface area contributed by atoms with Gasteiger partial charge >= 0.3 is 0 Å². The van der Waals surface area contributed by atoms with Crippen LogP contribution in [-0.2, 0) is 4.79 Å². The highest BCUT2D eigenvalue weighted by atomic mass is 127. The van der Waals surface area contributed by atoms with Gasteiger partial charge in [0.15, 0.2) is 5.82 Å². The number of nitrogens with zero attached hydrogens (tertiary/aromatic N) is 2. The van der Waals surface area contributed by atoms with E-state index >= 15 is 0 Å². The van der Waals surface area contributed by atoms with Gasteiger partial charge in [-0.1, -0.05) is 5.57 Å². The van der Waals surface area contributed by atoms with E-state index in [4.69, 9.17) is 0 Å². The lowest BCUT2D eigenvalue weighted by Gasteiger charge is -2.03. The summed E-state index contributed by atoms with van der Waals surface area (Å²) in [5.74, 6) is 0.490. The maximum absolute atomic E-state index is 11.5. The minimum Gasteiger partial charge on any atom is -0.305 e. The third-order valence-corrected chi connectivity index (χ3v) is 2.67. The summed E-state index contributed by atoms with van der Waals surface area (Å²) in [7, 11) is 0. The molecule has 0 radical (unpaired) electrons. The van der Waals surface area contributed by atoms with E-state index in [1.165, 1.54) is 0 Å². The van der Waals surface area contributed by atoms with Gasteiger partial charge in [0.1, 0.15) is 0 Å². The third kappa shape index (κ3) is 3.62. The van der Waals surface area contributed by atoms with Crippen LogP contribution in [0.15, 0.2) is 17.8 Å². The topological polar surface area (TPSA) is 46.9 Å². The van der Waals surface area contributed by atoms with Crippen molar-refractivity contribution in [1.82, 2.24) is 9.78 Å². The highest BCUT2D eigenvalue weighted by Crippen LogP contribution is 2.18. The van der Waals surface area contributed by atoms with Crippen LogP contribution in [0.1, 0.15) is 33.7 Å². The first-order valence-electron chi connectivity index (χ1n) is 5.10. The van der Waals surface area contributed by atoms with Crippen molar-refractivity contribution in [3.63, 3.8) is 0 Å². The average molecular weight is 333 g/mol. The van der Waals surface area contributed by atoms with Crippen LogP contribution >= 0.6 is 22.6 Å². The lowest BCUT2D eigenvalue weighted by molar-refractivity contribution is -0.112. The van der Waals surface area contributed by atoms with Gasteiger partial charge in [0.25, 0.3) is 0 Å². The summed E-state index contributed by atoms with van der Waals surface area (Å²) in [6.45, 7) is 7.87. The van der Waals surface area contributed by atoms with Gasteiger partial charge in [0, 0.05) is 18.3 Å². The second kappa shape index (κ2) is 5.47. The van der Waals surface area contributed by atoms with Crippen molar-refractivity contribution in [1.29, 1.82) is 0 Å². The molecule has 0 saturated heterocycles. The first kappa shape index (κ1) is 13.2. The number of hydrogen-bond acceptors (Lipinski definition) is 2. The second-order valence-electron chi connectivity index (χ2n) is 4.11. The van der Waals surface area contributed by atoms with Crippen molar-refractivity contribution < 1.29 is 4.79 Å². The Morgan fingerprint density at radius 2 is 2.19 bits per heavy atom. The number of rotatable bonds is 3. The van der Waals surface area contributed by atoms with E-state index in [0.717, 1.165) is 9.14 Å². The molecule has 1 aromatic heterocycles. The molecule has 4 nitrogen and oxygen atoms in total. The molecule has 0 spiro atoms. The predicted molar refractivity (Wildman–Crippen MR) is 73.4 cm³/mol. The molecule has 1 heterocycles. The van der Waals surface area contributed by atoms with Crippen molar-refractivity contribution in [3.8, 4) is 0 Å². The highest BCUT2D eigenvalue weighted by molar-refractivity contribution is 14.1. The van der Waals surface area contributed by atoms with Crippen LogP contribution in [0.3, 0.4) is 0 Å². The van der Waals surface area contributed by atoms with Gasteiger partial charge in [0.05, 0.1) is 3.57 Å². The maximum atomic E-state index is 11.5. The Hall–Kier alpha value is -0.850. The third-order valence-electron chi connectivity index (χ3n) is 1.88. The number of amides is 1. The van der Waals surface area contributed by atoms with Crippen LogP contribution in [-0.4, -0.2) is 15.7 Å². The fourth-order valence-corrected chi connectivity index (χ4v) is 1.66. The van der Waals surface area contributed by atoms with Crippen LogP contribution < -0.4 is 5.32 Å². The van der Waals surface area contributed by atoms with Crippen LogP contribution in [0.5, 0.6) is 0 Å². The standard InChI is InChI=1S/C11H16IN3O/c1-7(2)5-10(16)13-11-9(12)6-15(14-11)8(3)4/h5-6,8H,1-4H3,(H,13,14,16). The summed E-state index contributed by atoms with van der Waals surface area (Å²) in [6.07, 6.45) is 3.48. The van der Waals surface area contributed by atoms with Gasteiger partial charge in [-0.2, -0.15) is 5.10 Å². The van der Waals surface area contributed by atoms with Gasteiger partial charge in [-0.05, 0) is 50.3 Å². The van der Waals surface area contributed by atoms with Crippen molar-refractivity contribution >= 4 is 34.3 Å². The average Bonchev–Trinajstić information content (AvgIpc) is 2.46. The Balaban J connectivity index is 2.82. The van der Waals surface area contributed by atoms with Crippen LogP contribution in [0.25, 0.3) is 0 Å². The van der Waals surface area contributed by atoms with Crippen LogP contribution in [0.2, 0.25) is 0 Å². The molecule has 0 aliphatic rings. The molecular weight excluding hydrogens is 317 g/mol. The van der Waals surface area contributed by atoms with E-state index in [-0.39, 0.29) is 5.91 Å². The van der Waals surface area contributed by atoms with E-state index in [1.807, 2.05) is 38.6 Å². The summed E-state index contributed by atoms with van der Waals surface area (Å²) in [4.78, 5) is 11.5. The molecular formula is C11H16IN3O. The monoisotopic (exact) mass is 333 g/mol. The molecule has 16 heavy (non-hydrogen) atoms. The van der Waals surface area contributed by atoms with E-state index < -0.39 is 0 Å². The minimum atomic E-state index is -0.132. The number of hydrogen-bond donors (Lipinski definition) is 1. The smallest absolute Gasteiger partial charge is 0.249 e. The Morgan fingerprint density at radius 1 is 1.56 bits per heavy atom. The zero-order chi connectivity index (χ0) is 12.3. The summed E-state index contributed by atoms with van der Waals surface area (Å²) < 4.78 is 2.78. The van der Waals surface area contributed by atoms with E-state index in [1.54, 1.807) is 6.08 Å². The lowest BCUT2D eigenvalue weighted by Crippen LogP contribution is -2.10. The highest BCUT2D eigenvalue weighted by Gasteiger charge is 2.10. The van der Waals surface area contributed by atoms with Crippen molar-refractivity contribution in [3.05, 3.63) is 21.4 Å². The number of anilines is 1. The quantitative estimate of drug-likeness (QED) is 0.683. The molecule has 1 rings (SSSR count). The van der Waals surface area contributed by atoms with Crippen molar-refractivity contribution in [2.24, 2.45) is 0 Å². The first-order chi connectivity index (χ1) is 7.40. The first-order valence-corrected chi connectivity index (χ1v) is 6.18. The molecule has 0 atom stereocenters. The van der Waals surface area contributed by atoms with Gasteiger partial charge in [-0.15, -0.1) is 0 Å². The minimum absolute atomic E-state index is 0.132. The van der Waals surface area contributed by atoms with E-state index in [2.05, 4.69) is 33.0 Å². The van der Waals surface area contributed by atoms with Crippen LogP contribution in [0.4, 0.5) is 5.82 Å². The predicted octanol–water partition coefficient (Wildman–Crippen LogP) is 2.97. The Bertz CT molecular complexity index is 417. The Kier molecular flexibility index (Phi) is 4.52. The zero-order valence-electron chi connectivity index (χ0n) is 9.91. The molecule has 0 bridgehead atoms. The maximum Gasteiger partial charge on any atom is 0.249 e. The number of carbonyl (C=O) groups excluding carboxylic acids is 1. The molecule has 88 valence electrons. The molecule has 0 aliphatic heterocycles.